The van der Waals surface area contributed by atoms with Crippen molar-refractivity contribution >= 4 is 16.6 Å². The highest BCUT2D eigenvalue weighted by molar-refractivity contribution is 5.92. The fourth-order valence-corrected chi connectivity index (χ4v) is 2.55. The second-order valence-electron chi connectivity index (χ2n) is 5.38. The second kappa shape index (κ2) is 5.52. The zero-order valence-electron chi connectivity index (χ0n) is 11.5. The van der Waals surface area contributed by atoms with E-state index in [1.165, 1.54) is 18.5 Å². The van der Waals surface area contributed by atoms with Crippen molar-refractivity contribution in [3.05, 3.63) is 36.0 Å². The number of nitrogens with zero attached hydrogens (tertiary/aromatic N) is 2. The molecule has 0 atom stereocenters. The number of benzene rings is 1. The Balaban J connectivity index is 2.08. The van der Waals surface area contributed by atoms with Crippen molar-refractivity contribution in [2.75, 3.05) is 18.0 Å². The van der Waals surface area contributed by atoms with E-state index < -0.39 is 0 Å². The second-order valence-corrected chi connectivity index (χ2v) is 5.38. The topological polar surface area (TPSA) is 42.1 Å². The van der Waals surface area contributed by atoms with Crippen molar-refractivity contribution in [3.8, 4) is 12.3 Å². The minimum absolute atomic E-state index is 0.450. The van der Waals surface area contributed by atoms with Crippen LogP contribution in [0, 0.1) is 18.3 Å². The summed E-state index contributed by atoms with van der Waals surface area (Å²) in [4.78, 5) is 6.88. The van der Waals surface area contributed by atoms with Gasteiger partial charge in [0.2, 0.25) is 0 Å². The number of hydrogen-bond acceptors (Lipinski definition) is 3. The average Bonchev–Trinajstić information content (AvgIpc) is 3.29. The lowest BCUT2D eigenvalue weighted by Crippen LogP contribution is -2.26. The van der Waals surface area contributed by atoms with Gasteiger partial charge in [-0.3, -0.25) is 4.98 Å². The van der Waals surface area contributed by atoms with Crippen LogP contribution in [0.4, 0.5) is 5.69 Å². The van der Waals surface area contributed by atoms with Crippen molar-refractivity contribution in [2.24, 2.45) is 11.7 Å². The summed E-state index contributed by atoms with van der Waals surface area (Å²) in [6, 6.07) is 10.3. The van der Waals surface area contributed by atoms with E-state index >= 15 is 0 Å². The number of para-hydroxylation sites is 1. The Hall–Kier alpha value is -2.05. The third kappa shape index (κ3) is 2.61. The van der Waals surface area contributed by atoms with Crippen LogP contribution in [0.1, 0.15) is 18.5 Å². The van der Waals surface area contributed by atoms with Crippen molar-refractivity contribution in [3.63, 3.8) is 0 Å². The first kappa shape index (κ1) is 13.0. The van der Waals surface area contributed by atoms with Crippen molar-refractivity contribution in [1.29, 1.82) is 0 Å². The van der Waals surface area contributed by atoms with E-state index in [0.717, 1.165) is 29.1 Å². The van der Waals surface area contributed by atoms with Gasteiger partial charge in [0.25, 0.3) is 0 Å². The van der Waals surface area contributed by atoms with Crippen molar-refractivity contribution < 1.29 is 0 Å². The molecule has 0 spiro atoms. The Labute approximate surface area is 119 Å². The number of aromatic nitrogens is 1. The standard InChI is InChI=1S/C17H19N3/c1-2-9-20(12-13-7-8-13)17-10-14(11-18)19-16-6-4-3-5-15(16)17/h1,3-6,10,13H,7-9,11-12,18H2. The maximum atomic E-state index is 5.78. The summed E-state index contributed by atoms with van der Waals surface area (Å²) in [5, 5.41) is 1.15. The number of fused-ring (bicyclic) bond motifs is 1. The van der Waals surface area contributed by atoms with Crippen LogP contribution in [0.2, 0.25) is 0 Å². The molecule has 2 aromatic rings. The van der Waals surface area contributed by atoms with E-state index in [-0.39, 0.29) is 0 Å². The SMILES string of the molecule is C#CCN(CC1CC1)c1cc(CN)nc2ccccc12. The van der Waals surface area contributed by atoms with E-state index in [1.807, 2.05) is 18.2 Å². The molecule has 0 saturated heterocycles. The lowest BCUT2D eigenvalue weighted by Gasteiger charge is -2.24. The molecule has 3 nitrogen and oxygen atoms in total. The molecule has 1 aromatic heterocycles. The summed E-state index contributed by atoms with van der Waals surface area (Å²) in [7, 11) is 0. The van der Waals surface area contributed by atoms with Gasteiger partial charge in [0.05, 0.1) is 17.8 Å². The summed E-state index contributed by atoms with van der Waals surface area (Å²) in [5.41, 5.74) is 8.85. The predicted octanol–water partition coefficient (Wildman–Crippen LogP) is 2.54. The van der Waals surface area contributed by atoms with Crippen LogP contribution in [0.5, 0.6) is 0 Å². The maximum Gasteiger partial charge on any atom is 0.0792 e. The molecule has 0 amide bonds. The van der Waals surface area contributed by atoms with E-state index in [9.17, 15) is 0 Å². The predicted molar refractivity (Wildman–Crippen MR) is 83.4 cm³/mol. The zero-order chi connectivity index (χ0) is 13.9. The minimum Gasteiger partial charge on any atom is -0.360 e. The van der Waals surface area contributed by atoms with Crippen LogP contribution in [0.25, 0.3) is 10.9 Å². The molecule has 0 bridgehead atoms. The smallest absolute Gasteiger partial charge is 0.0792 e. The van der Waals surface area contributed by atoms with Gasteiger partial charge in [0, 0.05) is 24.2 Å². The summed E-state index contributed by atoms with van der Waals surface area (Å²) in [6.45, 7) is 2.11. The molecule has 0 radical (unpaired) electrons. The normalized spacial score (nSPS) is 14.2. The molecule has 0 unspecified atom stereocenters. The first-order chi connectivity index (χ1) is 9.81. The first-order valence-corrected chi connectivity index (χ1v) is 7.09. The summed E-state index contributed by atoms with van der Waals surface area (Å²) in [5.74, 6) is 3.56. The number of hydrogen-bond donors (Lipinski definition) is 1. The molecule has 1 heterocycles. The molecule has 1 aliphatic carbocycles. The van der Waals surface area contributed by atoms with Gasteiger partial charge in [0.1, 0.15) is 0 Å². The van der Waals surface area contributed by atoms with Crippen LogP contribution < -0.4 is 10.6 Å². The quantitative estimate of drug-likeness (QED) is 0.845. The zero-order valence-corrected chi connectivity index (χ0v) is 11.5. The lowest BCUT2D eigenvalue weighted by atomic mass is 10.1. The monoisotopic (exact) mass is 265 g/mol. The van der Waals surface area contributed by atoms with Gasteiger partial charge in [-0.25, -0.2) is 0 Å². The fourth-order valence-electron chi connectivity index (χ4n) is 2.55. The van der Waals surface area contributed by atoms with Crippen LogP contribution in [-0.4, -0.2) is 18.1 Å². The van der Waals surface area contributed by atoms with Gasteiger partial charge in [-0.2, -0.15) is 0 Å². The largest absolute Gasteiger partial charge is 0.360 e. The number of pyridine rings is 1. The van der Waals surface area contributed by atoms with Gasteiger partial charge >= 0.3 is 0 Å². The fraction of sp³-hybridized carbons (Fsp3) is 0.353. The Bertz CT molecular complexity index is 653. The molecule has 102 valence electrons. The van der Waals surface area contributed by atoms with Gasteiger partial charge in [-0.15, -0.1) is 6.42 Å². The molecule has 3 heteroatoms. The van der Waals surface area contributed by atoms with Crippen LogP contribution in [0.3, 0.4) is 0 Å². The summed E-state index contributed by atoms with van der Waals surface area (Å²) >= 11 is 0. The van der Waals surface area contributed by atoms with Crippen molar-refractivity contribution in [1.82, 2.24) is 4.98 Å². The molecule has 1 saturated carbocycles. The number of nitrogens with two attached hydrogens (primary N) is 1. The molecule has 1 aromatic carbocycles. The highest BCUT2D eigenvalue weighted by atomic mass is 15.1. The Morgan fingerprint density at radius 2 is 2.15 bits per heavy atom. The Morgan fingerprint density at radius 3 is 2.85 bits per heavy atom. The first-order valence-electron chi connectivity index (χ1n) is 7.09. The minimum atomic E-state index is 0.450. The highest BCUT2D eigenvalue weighted by Crippen LogP contribution is 2.33. The molecular weight excluding hydrogens is 246 g/mol. The molecule has 20 heavy (non-hydrogen) atoms. The number of terminal acetylenes is 1. The molecule has 1 aliphatic rings. The third-order valence-electron chi connectivity index (χ3n) is 3.75. The van der Waals surface area contributed by atoms with Crippen LogP contribution in [-0.2, 0) is 6.54 Å². The Morgan fingerprint density at radius 1 is 1.35 bits per heavy atom. The molecular formula is C17H19N3. The Kier molecular flexibility index (Phi) is 3.58. The van der Waals surface area contributed by atoms with Gasteiger partial charge in [-0.05, 0) is 30.9 Å². The lowest BCUT2D eigenvalue weighted by molar-refractivity contribution is 0.766. The van der Waals surface area contributed by atoms with Crippen LogP contribution >= 0.6 is 0 Å². The number of rotatable bonds is 5. The van der Waals surface area contributed by atoms with Crippen molar-refractivity contribution in [2.45, 2.75) is 19.4 Å². The number of anilines is 1. The molecule has 0 aliphatic heterocycles. The molecule has 1 fully saturated rings. The highest BCUT2D eigenvalue weighted by Gasteiger charge is 2.25. The summed E-state index contributed by atoms with van der Waals surface area (Å²) in [6.07, 6.45) is 8.17. The van der Waals surface area contributed by atoms with E-state index in [4.69, 9.17) is 12.2 Å². The average molecular weight is 265 g/mol. The van der Waals surface area contributed by atoms with Gasteiger partial charge in [0.15, 0.2) is 0 Å². The van der Waals surface area contributed by atoms with Crippen LogP contribution in [0.15, 0.2) is 30.3 Å². The van der Waals surface area contributed by atoms with E-state index in [2.05, 4.69) is 27.9 Å². The summed E-state index contributed by atoms with van der Waals surface area (Å²) < 4.78 is 0. The van der Waals surface area contributed by atoms with E-state index in [1.54, 1.807) is 0 Å². The van der Waals surface area contributed by atoms with Gasteiger partial charge < -0.3 is 10.6 Å². The molecule has 2 N–H and O–H groups in total. The maximum absolute atomic E-state index is 5.78. The van der Waals surface area contributed by atoms with Gasteiger partial charge in [-0.1, -0.05) is 24.1 Å². The molecule has 3 rings (SSSR count). The third-order valence-corrected chi connectivity index (χ3v) is 3.75. The van der Waals surface area contributed by atoms with E-state index in [0.29, 0.717) is 13.1 Å².